The Balaban J connectivity index is 0.00000106. The molecule has 0 saturated carbocycles. The first kappa shape index (κ1) is 13.9. The number of nitro groups is 1. The Bertz CT molecular complexity index is 389. The highest BCUT2D eigenvalue weighted by Gasteiger charge is 2.20. The SMILES string of the molecule is CC.COC(=O)c1cccc([N+](=O)[O-])c1O. The van der Waals surface area contributed by atoms with Gasteiger partial charge in [-0.1, -0.05) is 19.9 Å². The number of carbonyl (C=O) groups is 1. The number of rotatable bonds is 2. The molecule has 1 N–H and O–H groups in total. The van der Waals surface area contributed by atoms with Crippen LogP contribution in [0.1, 0.15) is 24.2 Å². The highest BCUT2D eigenvalue weighted by atomic mass is 16.6. The van der Waals surface area contributed by atoms with Crippen LogP contribution in [-0.4, -0.2) is 23.1 Å². The van der Waals surface area contributed by atoms with E-state index < -0.39 is 22.3 Å². The smallest absolute Gasteiger partial charge is 0.341 e. The van der Waals surface area contributed by atoms with E-state index in [9.17, 15) is 20.0 Å². The number of esters is 1. The van der Waals surface area contributed by atoms with Crippen LogP contribution in [0.25, 0.3) is 0 Å². The van der Waals surface area contributed by atoms with Crippen LogP contribution < -0.4 is 0 Å². The number of phenols is 1. The van der Waals surface area contributed by atoms with E-state index in [1.807, 2.05) is 13.8 Å². The van der Waals surface area contributed by atoms with Gasteiger partial charge in [0.05, 0.1) is 12.0 Å². The number of aromatic hydroxyl groups is 1. The van der Waals surface area contributed by atoms with Gasteiger partial charge in [0.1, 0.15) is 5.56 Å². The fourth-order valence-corrected chi connectivity index (χ4v) is 0.953. The maximum atomic E-state index is 11.0. The second kappa shape index (κ2) is 6.39. The molecule has 1 aromatic carbocycles. The summed E-state index contributed by atoms with van der Waals surface area (Å²) in [6.07, 6.45) is 0. The van der Waals surface area contributed by atoms with Gasteiger partial charge in [-0.05, 0) is 6.07 Å². The van der Waals surface area contributed by atoms with Crippen molar-refractivity contribution in [3.05, 3.63) is 33.9 Å². The zero-order valence-corrected chi connectivity index (χ0v) is 9.26. The van der Waals surface area contributed by atoms with Crippen molar-refractivity contribution in [2.45, 2.75) is 13.8 Å². The van der Waals surface area contributed by atoms with Gasteiger partial charge < -0.3 is 9.84 Å². The molecule has 0 saturated heterocycles. The summed E-state index contributed by atoms with van der Waals surface area (Å²) in [7, 11) is 1.13. The molecule has 88 valence electrons. The van der Waals surface area contributed by atoms with Gasteiger partial charge in [0.25, 0.3) is 0 Å². The molecule has 6 heteroatoms. The van der Waals surface area contributed by atoms with Crippen molar-refractivity contribution in [2.24, 2.45) is 0 Å². The summed E-state index contributed by atoms with van der Waals surface area (Å²) < 4.78 is 4.33. The zero-order valence-electron chi connectivity index (χ0n) is 9.26. The van der Waals surface area contributed by atoms with Gasteiger partial charge in [0.2, 0.25) is 5.75 Å². The fourth-order valence-electron chi connectivity index (χ4n) is 0.953. The summed E-state index contributed by atoms with van der Waals surface area (Å²) in [5, 5.41) is 19.7. The van der Waals surface area contributed by atoms with Crippen LogP contribution in [0.2, 0.25) is 0 Å². The van der Waals surface area contributed by atoms with Crippen molar-refractivity contribution < 1.29 is 19.6 Å². The van der Waals surface area contributed by atoms with Gasteiger partial charge in [-0.15, -0.1) is 0 Å². The van der Waals surface area contributed by atoms with Crippen molar-refractivity contribution in [1.29, 1.82) is 0 Å². The lowest BCUT2D eigenvalue weighted by molar-refractivity contribution is -0.385. The number of para-hydroxylation sites is 1. The Morgan fingerprint density at radius 2 is 2.00 bits per heavy atom. The van der Waals surface area contributed by atoms with E-state index in [4.69, 9.17) is 0 Å². The lowest BCUT2D eigenvalue weighted by Crippen LogP contribution is -2.02. The van der Waals surface area contributed by atoms with Gasteiger partial charge in [0, 0.05) is 6.07 Å². The van der Waals surface area contributed by atoms with Crippen molar-refractivity contribution in [3.8, 4) is 5.75 Å². The molecule has 1 aromatic rings. The molecule has 16 heavy (non-hydrogen) atoms. The summed E-state index contributed by atoms with van der Waals surface area (Å²) in [4.78, 5) is 20.6. The third-order valence-corrected chi connectivity index (χ3v) is 1.62. The van der Waals surface area contributed by atoms with E-state index >= 15 is 0 Å². The van der Waals surface area contributed by atoms with E-state index in [0.717, 1.165) is 13.2 Å². The zero-order chi connectivity index (χ0) is 12.7. The molecule has 0 atom stereocenters. The average molecular weight is 227 g/mol. The number of ether oxygens (including phenoxy) is 1. The first-order chi connectivity index (χ1) is 7.57. The van der Waals surface area contributed by atoms with Gasteiger partial charge in [-0.3, -0.25) is 10.1 Å². The van der Waals surface area contributed by atoms with Crippen LogP contribution in [0.5, 0.6) is 5.75 Å². The normalized spacial score (nSPS) is 8.69. The van der Waals surface area contributed by atoms with Crippen LogP contribution in [0.4, 0.5) is 5.69 Å². The number of nitrogens with zero attached hydrogens (tertiary/aromatic N) is 1. The number of phenolic OH excluding ortho intramolecular Hbond substituents is 1. The maximum absolute atomic E-state index is 11.0. The molecular formula is C10H13NO5. The molecule has 1 rings (SSSR count). The number of benzene rings is 1. The Morgan fingerprint density at radius 1 is 1.44 bits per heavy atom. The monoisotopic (exact) mass is 227 g/mol. The minimum absolute atomic E-state index is 0.221. The Labute approximate surface area is 92.6 Å². The van der Waals surface area contributed by atoms with Crippen LogP contribution in [0, 0.1) is 10.1 Å². The second-order valence-corrected chi connectivity index (χ2v) is 2.42. The number of nitro benzene ring substituents is 1. The number of hydrogen-bond acceptors (Lipinski definition) is 5. The molecular weight excluding hydrogens is 214 g/mol. The van der Waals surface area contributed by atoms with Crippen LogP contribution in [0.15, 0.2) is 18.2 Å². The minimum Gasteiger partial charge on any atom is -0.501 e. The molecule has 0 aromatic heterocycles. The molecule has 0 radical (unpaired) electrons. The van der Waals surface area contributed by atoms with Crippen LogP contribution >= 0.6 is 0 Å². The molecule has 0 aliphatic rings. The standard InChI is InChI=1S/C8H7NO5.C2H6/c1-14-8(11)5-3-2-4-6(7(5)10)9(12)13;1-2/h2-4,10H,1H3;1-2H3. The summed E-state index contributed by atoms with van der Waals surface area (Å²) in [6.45, 7) is 4.00. The lowest BCUT2D eigenvalue weighted by atomic mass is 10.2. The maximum Gasteiger partial charge on any atom is 0.341 e. The average Bonchev–Trinajstić information content (AvgIpc) is 2.30. The molecule has 0 bridgehead atoms. The predicted octanol–water partition coefficient (Wildman–Crippen LogP) is 2.11. The highest BCUT2D eigenvalue weighted by molar-refractivity contribution is 5.93. The van der Waals surface area contributed by atoms with Gasteiger partial charge in [-0.2, -0.15) is 0 Å². The van der Waals surface area contributed by atoms with E-state index in [2.05, 4.69) is 4.74 Å². The topological polar surface area (TPSA) is 89.7 Å². The Kier molecular flexibility index (Phi) is 5.55. The third kappa shape index (κ3) is 2.94. The van der Waals surface area contributed by atoms with E-state index in [1.165, 1.54) is 12.1 Å². The number of methoxy groups -OCH3 is 1. The fraction of sp³-hybridized carbons (Fsp3) is 0.300. The summed E-state index contributed by atoms with van der Waals surface area (Å²) in [5.74, 6) is -1.49. The van der Waals surface area contributed by atoms with Crippen LogP contribution in [0.3, 0.4) is 0 Å². The van der Waals surface area contributed by atoms with Crippen molar-refractivity contribution in [2.75, 3.05) is 7.11 Å². The largest absolute Gasteiger partial charge is 0.501 e. The lowest BCUT2D eigenvalue weighted by Gasteiger charge is -2.01. The summed E-state index contributed by atoms with van der Waals surface area (Å²) in [6, 6.07) is 3.64. The quantitative estimate of drug-likeness (QED) is 0.474. The molecule has 0 amide bonds. The molecule has 0 heterocycles. The van der Waals surface area contributed by atoms with Crippen molar-refractivity contribution in [3.63, 3.8) is 0 Å². The Morgan fingerprint density at radius 3 is 2.44 bits per heavy atom. The van der Waals surface area contributed by atoms with Gasteiger partial charge in [0.15, 0.2) is 0 Å². The number of hydrogen-bond donors (Lipinski definition) is 1. The summed E-state index contributed by atoms with van der Waals surface area (Å²) >= 11 is 0. The first-order valence-corrected chi connectivity index (χ1v) is 4.62. The molecule has 0 spiro atoms. The molecule has 0 aliphatic heterocycles. The second-order valence-electron chi connectivity index (χ2n) is 2.42. The molecule has 0 unspecified atom stereocenters. The van der Waals surface area contributed by atoms with Crippen molar-refractivity contribution in [1.82, 2.24) is 0 Å². The molecule has 0 aliphatic carbocycles. The number of carbonyl (C=O) groups excluding carboxylic acids is 1. The third-order valence-electron chi connectivity index (χ3n) is 1.62. The minimum atomic E-state index is -0.814. The molecule has 0 fully saturated rings. The van der Waals surface area contributed by atoms with E-state index in [-0.39, 0.29) is 5.56 Å². The highest BCUT2D eigenvalue weighted by Crippen LogP contribution is 2.29. The van der Waals surface area contributed by atoms with E-state index in [1.54, 1.807) is 0 Å². The molecule has 6 nitrogen and oxygen atoms in total. The van der Waals surface area contributed by atoms with Gasteiger partial charge >= 0.3 is 11.7 Å². The van der Waals surface area contributed by atoms with E-state index in [0.29, 0.717) is 0 Å². The van der Waals surface area contributed by atoms with Crippen molar-refractivity contribution >= 4 is 11.7 Å². The van der Waals surface area contributed by atoms with Gasteiger partial charge in [-0.25, -0.2) is 4.79 Å². The summed E-state index contributed by atoms with van der Waals surface area (Å²) in [5.41, 5.74) is -0.741. The predicted molar refractivity (Wildman–Crippen MR) is 57.4 cm³/mol. The van der Waals surface area contributed by atoms with Crippen LogP contribution in [-0.2, 0) is 4.74 Å². The first-order valence-electron chi connectivity index (χ1n) is 4.62. The Hall–Kier alpha value is -2.11.